The van der Waals surface area contributed by atoms with Crippen molar-refractivity contribution in [2.24, 2.45) is 10.7 Å². The molecule has 2 aromatic carbocycles. The minimum absolute atomic E-state index is 0. The molecule has 2 amide bonds. The number of hydrogen-bond acceptors (Lipinski definition) is 5. The summed E-state index contributed by atoms with van der Waals surface area (Å²) in [6, 6.07) is 14.7. The van der Waals surface area contributed by atoms with E-state index in [0.29, 0.717) is 37.8 Å². The van der Waals surface area contributed by atoms with E-state index in [4.69, 9.17) is 15.2 Å². The summed E-state index contributed by atoms with van der Waals surface area (Å²) >= 11 is 0. The number of nitrogens with two attached hydrogens (primary N) is 1. The number of amides is 2. The maximum absolute atomic E-state index is 12.0. The Kier molecular flexibility index (Phi) is 13.5. The van der Waals surface area contributed by atoms with Gasteiger partial charge in [0, 0.05) is 44.0 Å². The number of carbonyl (C=O) groups is 2. The number of carbonyl (C=O) groups excluding carboxylic acids is 2. The lowest BCUT2D eigenvalue weighted by Gasteiger charge is -2.13. The second kappa shape index (κ2) is 15.9. The zero-order valence-corrected chi connectivity index (χ0v) is 21.3. The fourth-order valence-corrected chi connectivity index (χ4v) is 2.70. The Balaban J connectivity index is 0.00000544. The van der Waals surface area contributed by atoms with Crippen molar-refractivity contribution in [2.75, 3.05) is 38.7 Å². The molecule has 33 heavy (non-hydrogen) atoms. The summed E-state index contributed by atoms with van der Waals surface area (Å²) in [5, 5.41) is 8.94. The number of ether oxygens (including phenoxy) is 2. The molecule has 5 N–H and O–H groups in total. The van der Waals surface area contributed by atoms with Crippen molar-refractivity contribution in [3.8, 4) is 5.75 Å². The molecule has 0 radical (unpaired) electrons. The Bertz CT molecular complexity index is 906. The predicted octanol–water partition coefficient (Wildman–Crippen LogP) is 2.51. The number of anilines is 1. The van der Waals surface area contributed by atoms with Crippen molar-refractivity contribution in [3.63, 3.8) is 0 Å². The van der Waals surface area contributed by atoms with E-state index in [2.05, 4.69) is 20.9 Å². The number of rotatable bonds is 12. The average molecular weight is 569 g/mol. The molecule has 0 atom stereocenters. The summed E-state index contributed by atoms with van der Waals surface area (Å²) in [7, 11) is 1.67. The van der Waals surface area contributed by atoms with Gasteiger partial charge in [-0.1, -0.05) is 18.2 Å². The summed E-state index contributed by atoms with van der Waals surface area (Å²) in [6.07, 6.45) is 0.823. The highest BCUT2D eigenvalue weighted by molar-refractivity contribution is 14.0. The van der Waals surface area contributed by atoms with Gasteiger partial charge < -0.3 is 31.2 Å². The van der Waals surface area contributed by atoms with E-state index in [1.807, 2.05) is 43.3 Å². The molecule has 9 nitrogen and oxygen atoms in total. The Morgan fingerprint density at radius 2 is 1.82 bits per heavy atom. The van der Waals surface area contributed by atoms with E-state index >= 15 is 0 Å². The van der Waals surface area contributed by atoms with Crippen molar-refractivity contribution in [1.82, 2.24) is 10.6 Å². The Labute approximate surface area is 211 Å². The highest BCUT2D eigenvalue weighted by Gasteiger charge is 2.06. The van der Waals surface area contributed by atoms with Gasteiger partial charge in [-0.05, 0) is 36.8 Å². The molecule has 0 aliphatic rings. The molecule has 0 saturated carbocycles. The lowest BCUT2D eigenvalue weighted by Crippen LogP contribution is -2.33. The molecule has 180 valence electrons. The Morgan fingerprint density at radius 1 is 1.06 bits per heavy atom. The van der Waals surface area contributed by atoms with E-state index in [0.717, 1.165) is 23.4 Å². The summed E-state index contributed by atoms with van der Waals surface area (Å²) in [5.41, 5.74) is 7.28. The monoisotopic (exact) mass is 569 g/mol. The average Bonchev–Trinajstić information content (AvgIpc) is 2.79. The van der Waals surface area contributed by atoms with E-state index < -0.39 is 5.91 Å². The van der Waals surface area contributed by atoms with E-state index in [-0.39, 0.29) is 36.4 Å². The standard InChI is InChI=1S/C23H31N5O4.HI/c1-3-25-23(28-19-6-4-7-20(14-19)32-13-5-12-31-2)27-15-17-8-10-18(11-9-17)22(30)26-16-21(24)29;/h4,6-11,14H,3,5,12-13,15-16H2,1-2H3,(H2,24,29)(H,26,30)(H2,25,27,28);1H. The summed E-state index contributed by atoms with van der Waals surface area (Å²) in [4.78, 5) is 27.3. The molecule has 2 aromatic rings. The molecule has 0 aliphatic heterocycles. The van der Waals surface area contributed by atoms with Crippen LogP contribution < -0.4 is 26.4 Å². The van der Waals surface area contributed by atoms with Gasteiger partial charge in [-0.3, -0.25) is 9.59 Å². The normalized spacial score (nSPS) is 10.7. The summed E-state index contributed by atoms with van der Waals surface area (Å²) in [6.45, 7) is 4.17. The van der Waals surface area contributed by atoms with Crippen LogP contribution in [-0.4, -0.2) is 51.2 Å². The zero-order valence-electron chi connectivity index (χ0n) is 18.9. The lowest BCUT2D eigenvalue weighted by atomic mass is 10.1. The highest BCUT2D eigenvalue weighted by atomic mass is 127. The largest absolute Gasteiger partial charge is 0.493 e. The van der Waals surface area contributed by atoms with Gasteiger partial charge in [-0.25, -0.2) is 4.99 Å². The van der Waals surface area contributed by atoms with Crippen LogP contribution in [-0.2, 0) is 16.1 Å². The number of hydrogen-bond donors (Lipinski definition) is 4. The van der Waals surface area contributed by atoms with Crippen molar-refractivity contribution in [1.29, 1.82) is 0 Å². The molecule has 0 aromatic heterocycles. The lowest BCUT2D eigenvalue weighted by molar-refractivity contribution is -0.117. The van der Waals surface area contributed by atoms with Gasteiger partial charge in [-0.15, -0.1) is 24.0 Å². The molecular weight excluding hydrogens is 537 g/mol. The second-order valence-electron chi connectivity index (χ2n) is 6.89. The first-order valence-electron chi connectivity index (χ1n) is 10.4. The second-order valence-corrected chi connectivity index (χ2v) is 6.89. The van der Waals surface area contributed by atoms with Gasteiger partial charge in [0.05, 0.1) is 19.7 Å². The quantitative estimate of drug-likeness (QED) is 0.135. The molecule has 0 heterocycles. The van der Waals surface area contributed by atoms with Crippen molar-refractivity contribution in [3.05, 3.63) is 59.7 Å². The van der Waals surface area contributed by atoms with Gasteiger partial charge in [0.1, 0.15) is 5.75 Å². The molecule has 0 aliphatic carbocycles. The number of nitrogens with one attached hydrogen (secondary N) is 3. The van der Waals surface area contributed by atoms with Crippen LogP contribution in [0.2, 0.25) is 0 Å². The van der Waals surface area contributed by atoms with Gasteiger partial charge in [0.25, 0.3) is 5.91 Å². The maximum atomic E-state index is 12.0. The van der Waals surface area contributed by atoms with Crippen molar-refractivity contribution >= 4 is 47.4 Å². The van der Waals surface area contributed by atoms with Gasteiger partial charge in [0.15, 0.2) is 5.96 Å². The van der Waals surface area contributed by atoms with Crippen LogP contribution in [0, 0.1) is 0 Å². The fourth-order valence-electron chi connectivity index (χ4n) is 2.70. The predicted molar refractivity (Wildman–Crippen MR) is 140 cm³/mol. The van der Waals surface area contributed by atoms with Crippen LogP contribution >= 0.6 is 24.0 Å². The van der Waals surface area contributed by atoms with Gasteiger partial charge >= 0.3 is 0 Å². The first-order chi connectivity index (χ1) is 15.5. The molecule has 0 spiro atoms. The molecule has 0 saturated heterocycles. The number of halogens is 1. The molecule has 10 heteroatoms. The smallest absolute Gasteiger partial charge is 0.251 e. The minimum atomic E-state index is -0.587. The third kappa shape index (κ3) is 11.0. The summed E-state index contributed by atoms with van der Waals surface area (Å²) in [5.74, 6) is 0.466. The van der Waals surface area contributed by atoms with Crippen LogP contribution in [0.3, 0.4) is 0 Å². The molecule has 0 unspecified atom stereocenters. The van der Waals surface area contributed by atoms with E-state index in [1.165, 1.54) is 0 Å². The topological polar surface area (TPSA) is 127 Å². The van der Waals surface area contributed by atoms with E-state index in [1.54, 1.807) is 19.2 Å². The van der Waals surface area contributed by atoms with Crippen molar-refractivity contribution in [2.45, 2.75) is 19.9 Å². The zero-order chi connectivity index (χ0) is 23.2. The van der Waals surface area contributed by atoms with Crippen LogP contribution in [0.15, 0.2) is 53.5 Å². The number of primary amides is 1. The maximum Gasteiger partial charge on any atom is 0.251 e. The molecule has 0 fully saturated rings. The Hall–Kier alpha value is -2.86. The van der Waals surface area contributed by atoms with Gasteiger partial charge in [-0.2, -0.15) is 0 Å². The van der Waals surface area contributed by atoms with Crippen LogP contribution in [0.4, 0.5) is 5.69 Å². The molecule has 2 rings (SSSR count). The number of aliphatic imine (C=N–C) groups is 1. The SMILES string of the molecule is CCNC(=NCc1ccc(C(=O)NCC(N)=O)cc1)Nc1cccc(OCCCOC)c1.I. The summed E-state index contributed by atoms with van der Waals surface area (Å²) < 4.78 is 10.8. The Morgan fingerprint density at radius 3 is 2.48 bits per heavy atom. The third-order valence-corrected chi connectivity index (χ3v) is 4.26. The minimum Gasteiger partial charge on any atom is -0.493 e. The number of benzene rings is 2. The number of methoxy groups -OCH3 is 1. The number of nitrogens with zero attached hydrogens (tertiary/aromatic N) is 1. The van der Waals surface area contributed by atoms with Crippen LogP contribution in [0.5, 0.6) is 5.75 Å². The first-order valence-corrected chi connectivity index (χ1v) is 10.4. The van der Waals surface area contributed by atoms with Crippen LogP contribution in [0.25, 0.3) is 0 Å². The van der Waals surface area contributed by atoms with Crippen molar-refractivity contribution < 1.29 is 19.1 Å². The molecular formula is C23H32IN5O4. The third-order valence-electron chi connectivity index (χ3n) is 4.26. The number of guanidine groups is 1. The highest BCUT2D eigenvalue weighted by Crippen LogP contribution is 2.17. The van der Waals surface area contributed by atoms with Gasteiger partial charge in [0.2, 0.25) is 5.91 Å². The molecule has 0 bridgehead atoms. The first kappa shape index (κ1) is 28.2. The van der Waals surface area contributed by atoms with Crippen LogP contribution in [0.1, 0.15) is 29.3 Å². The van der Waals surface area contributed by atoms with E-state index in [9.17, 15) is 9.59 Å². The fraction of sp³-hybridized carbons (Fsp3) is 0.348.